The minimum Gasteiger partial charge on any atom is -0.495 e. The zero-order valence-electron chi connectivity index (χ0n) is 20.2. The van der Waals surface area contributed by atoms with E-state index in [0.29, 0.717) is 0 Å². The number of rotatable bonds is 10. The summed E-state index contributed by atoms with van der Waals surface area (Å²) in [7, 11) is 2.58. The maximum absolute atomic E-state index is 13.7. The van der Waals surface area contributed by atoms with Gasteiger partial charge in [0.1, 0.15) is 16.5 Å². The SMILES string of the molecule is COc1ccc(C(=O)NC[C@@H](c2cccc(F)c2)N(C)C)cc1S(=O)(=O)N(C)Cc1ccccc1. The number of methoxy groups -OCH3 is 1. The molecule has 0 spiro atoms. The largest absolute Gasteiger partial charge is 0.495 e. The van der Waals surface area contributed by atoms with Crippen LogP contribution in [0, 0.1) is 5.82 Å². The number of amides is 1. The Balaban J connectivity index is 1.82. The van der Waals surface area contributed by atoms with E-state index >= 15 is 0 Å². The van der Waals surface area contributed by atoms with Crippen molar-refractivity contribution in [2.75, 3.05) is 34.8 Å². The molecule has 3 aromatic carbocycles. The predicted molar refractivity (Wildman–Crippen MR) is 133 cm³/mol. The maximum Gasteiger partial charge on any atom is 0.251 e. The molecule has 1 atom stereocenters. The van der Waals surface area contributed by atoms with Crippen LogP contribution < -0.4 is 10.1 Å². The standard InChI is InChI=1S/C26H30FN3O4S/c1-29(2)23(20-11-8-12-22(27)15-20)17-28-26(31)21-13-14-24(34-4)25(16-21)35(32,33)30(3)18-19-9-6-5-7-10-19/h5-16,23H,17-18H2,1-4H3,(H,28,31)/t23-/m0/s1. The van der Waals surface area contributed by atoms with E-state index < -0.39 is 15.9 Å². The first-order valence-electron chi connectivity index (χ1n) is 11.0. The predicted octanol–water partition coefficient (Wildman–Crippen LogP) is 3.69. The van der Waals surface area contributed by atoms with Gasteiger partial charge in [-0.25, -0.2) is 12.8 Å². The van der Waals surface area contributed by atoms with Gasteiger partial charge in [0.15, 0.2) is 0 Å². The van der Waals surface area contributed by atoms with Crippen molar-refractivity contribution in [3.8, 4) is 5.75 Å². The summed E-state index contributed by atoms with van der Waals surface area (Å²) in [6, 6.07) is 19.4. The minimum atomic E-state index is -3.95. The highest BCUT2D eigenvalue weighted by molar-refractivity contribution is 7.89. The summed E-state index contributed by atoms with van der Waals surface area (Å²) in [6.07, 6.45) is 0. The van der Waals surface area contributed by atoms with Gasteiger partial charge in [-0.3, -0.25) is 4.79 Å². The average Bonchev–Trinajstić information content (AvgIpc) is 2.84. The van der Waals surface area contributed by atoms with E-state index in [0.717, 1.165) is 11.1 Å². The second-order valence-corrected chi connectivity index (χ2v) is 10.4. The first-order chi connectivity index (χ1) is 16.6. The van der Waals surface area contributed by atoms with Crippen molar-refractivity contribution in [2.24, 2.45) is 0 Å². The van der Waals surface area contributed by atoms with Crippen molar-refractivity contribution >= 4 is 15.9 Å². The van der Waals surface area contributed by atoms with Crippen LogP contribution >= 0.6 is 0 Å². The van der Waals surface area contributed by atoms with E-state index in [1.54, 1.807) is 12.1 Å². The third-order valence-electron chi connectivity index (χ3n) is 5.67. The zero-order chi connectivity index (χ0) is 25.6. The van der Waals surface area contributed by atoms with E-state index in [4.69, 9.17) is 4.74 Å². The number of ether oxygens (including phenoxy) is 1. The van der Waals surface area contributed by atoms with Gasteiger partial charge in [0.05, 0.1) is 13.2 Å². The number of hydrogen-bond acceptors (Lipinski definition) is 5. The number of carbonyl (C=O) groups is 1. The number of halogens is 1. The van der Waals surface area contributed by atoms with E-state index in [-0.39, 0.29) is 41.2 Å². The summed E-state index contributed by atoms with van der Waals surface area (Å²) in [5.74, 6) is -0.657. The number of hydrogen-bond donors (Lipinski definition) is 1. The molecule has 0 radical (unpaired) electrons. The molecule has 0 aromatic heterocycles. The van der Waals surface area contributed by atoms with Crippen LogP contribution in [0.15, 0.2) is 77.7 Å². The lowest BCUT2D eigenvalue weighted by molar-refractivity contribution is 0.0941. The minimum absolute atomic E-state index is 0.0969. The first-order valence-corrected chi connectivity index (χ1v) is 12.5. The molecule has 1 amide bonds. The van der Waals surface area contributed by atoms with Gasteiger partial charge in [-0.05, 0) is 55.6 Å². The van der Waals surface area contributed by atoms with Crippen LogP contribution in [0.4, 0.5) is 4.39 Å². The molecular formula is C26H30FN3O4S. The van der Waals surface area contributed by atoms with Crippen LogP contribution in [0.5, 0.6) is 5.75 Å². The highest BCUT2D eigenvalue weighted by atomic mass is 32.2. The summed E-state index contributed by atoms with van der Waals surface area (Å²) in [4.78, 5) is 14.7. The molecule has 0 heterocycles. The van der Waals surface area contributed by atoms with Crippen molar-refractivity contribution in [2.45, 2.75) is 17.5 Å². The Morgan fingerprint density at radius 2 is 1.71 bits per heavy atom. The topological polar surface area (TPSA) is 79.0 Å². The molecule has 3 rings (SSSR count). The van der Waals surface area contributed by atoms with Gasteiger partial charge in [-0.2, -0.15) is 4.31 Å². The number of sulfonamides is 1. The number of carbonyl (C=O) groups excluding carboxylic acids is 1. The fourth-order valence-electron chi connectivity index (χ4n) is 3.72. The smallest absolute Gasteiger partial charge is 0.251 e. The highest BCUT2D eigenvalue weighted by Crippen LogP contribution is 2.28. The summed E-state index contributed by atoms with van der Waals surface area (Å²) in [5.41, 5.74) is 1.73. The molecule has 0 saturated heterocycles. The van der Waals surface area contributed by atoms with Gasteiger partial charge >= 0.3 is 0 Å². The number of nitrogens with one attached hydrogen (secondary N) is 1. The second-order valence-electron chi connectivity index (χ2n) is 8.36. The Labute approximate surface area is 206 Å². The Morgan fingerprint density at radius 1 is 1.00 bits per heavy atom. The Bertz CT molecular complexity index is 1270. The molecule has 0 bridgehead atoms. The van der Waals surface area contributed by atoms with Crippen molar-refractivity contribution in [3.63, 3.8) is 0 Å². The van der Waals surface area contributed by atoms with E-state index in [1.807, 2.05) is 49.3 Å². The molecule has 0 aliphatic carbocycles. The summed E-state index contributed by atoms with van der Waals surface area (Å²) < 4.78 is 46.9. The Hall–Kier alpha value is -3.27. The Kier molecular flexibility index (Phi) is 8.61. The molecule has 186 valence electrons. The van der Waals surface area contributed by atoms with E-state index in [1.165, 1.54) is 48.8 Å². The van der Waals surface area contributed by atoms with Gasteiger partial charge in [0, 0.05) is 25.7 Å². The fraction of sp³-hybridized carbons (Fsp3) is 0.269. The molecule has 0 aliphatic heterocycles. The summed E-state index contributed by atoms with van der Waals surface area (Å²) in [6.45, 7) is 0.373. The van der Waals surface area contributed by atoms with Gasteiger partial charge < -0.3 is 15.0 Å². The van der Waals surface area contributed by atoms with E-state index in [9.17, 15) is 17.6 Å². The van der Waals surface area contributed by atoms with Gasteiger partial charge in [0.25, 0.3) is 5.91 Å². The van der Waals surface area contributed by atoms with Crippen molar-refractivity contribution in [3.05, 3.63) is 95.3 Å². The summed E-state index contributed by atoms with van der Waals surface area (Å²) >= 11 is 0. The molecular weight excluding hydrogens is 469 g/mol. The quantitative estimate of drug-likeness (QED) is 0.460. The second kappa shape index (κ2) is 11.4. The molecule has 7 nitrogen and oxygen atoms in total. The van der Waals surface area contributed by atoms with Crippen LogP contribution in [0.3, 0.4) is 0 Å². The molecule has 0 aliphatic rings. The molecule has 9 heteroatoms. The lowest BCUT2D eigenvalue weighted by Gasteiger charge is -2.25. The van der Waals surface area contributed by atoms with Crippen molar-refractivity contribution in [1.82, 2.24) is 14.5 Å². The number of benzene rings is 3. The molecule has 1 N–H and O–H groups in total. The third-order valence-corrected chi connectivity index (χ3v) is 7.50. The fourth-order valence-corrected chi connectivity index (χ4v) is 5.05. The van der Waals surface area contributed by atoms with Crippen LogP contribution in [-0.4, -0.2) is 58.3 Å². The highest BCUT2D eigenvalue weighted by Gasteiger charge is 2.27. The monoisotopic (exact) mass is 499 g/mol. The molecule has 35 heavy (non-hydrogen) atoms. The Morgan fingerprint density at radius 3 is 2.34 bits per heavy atom. The number of nitrogens with zero attached hydrogens (tertiary/aromatic N) is 2. The lowest BCUT2D eigenvalue weighted by atomic mass is 10.1. The van der Waals surface area contributed by atoms with Crippen molar-refractivity contribution in [1.29, 1.82) is 0 Å². The van der Waals surface area contributed by atoms with Crippen LogP contribution in [-0.2, 0) is 16.6 Å². The normalized spacial score (nSPS) is 12.5. The average molecular weight is 500 g/mol. The molecule has 3 aromatic rings. The van der Waals surface area contributed by atoms with Crippen LogP contribution in [0.2, 0.25) is 0 Å². The molecule has 0 unspecified atom stereocenters. The molecule has 0 saturated carbocycles. The van der Waals surface area contributed by atoms with Gasteiger partial charge in [-0.1, -0.05) is 42.5 Å². The zero-order valence-corrected chi connectivity index (χ0v) is 21.0. The van der Waals surface area contributed by atoms with Crippen LogP contribution in [0.1, 0.15) is 27.5 Å². The summed E-state index contributed by atoms with van der Waals surface area (Å²) in [5, 5.41) is 2.83. The van der Waals surface area contributed by atoms with E-state index in [2.05, 4.69) is 5.32 Å². The van der Waals surface area contributed by atoms with Gasteiger partial charge in [0.2, 0.25) is 10.0 Å². The maximum atomic E-state index is 13.7. The van der Waals surface area contributed by atoms with Gasteiger partial charge in [-0.15, -0.1) is 0 Å². The van der Waals surface area contributed by atoms with Crippen molar-refractivity contribution < 1.29 is 22.3 Å². The first kappa shape index (κ1) is 26.3. The third kappa shape index (κ3) is 6.45. The lowest BCUT2D eigenvalue weighted by Crippen LogP contribution is -2.34. The van der Waals surface area contributed by atoms with Crippen LogP contribution in [0.25, 0.3) is 0 Å². The molecule has 0 fully saturated rings. The number of likely N-dealkylation sites (N-methyl/N-ethyl adjacent to an activating group) is 1.